The van der Waals surface area contributed by atoms with Gasteiger partial charge in [-0.2, -0.15) is 0 Å². The van der Waals surface area contributed by atoms with E-state index in [-0.39, 0.29) is 5.41 Å². The van der Waals surface area contributed by atoms with Crippen LogP contribution in [-0.2, 0) is 5.41 Å². The minimum atomic E-state index is 0.0609. The minimum Gasteiger partial charge on any atom is -0.372 e. The van der Waals surface area contributed by atoms with E-state index >= 15 is 0 Å². The maximum absolute atomic E-state index is 2.42. The monoisotopic (exact) mass is 305 g/mol. The van der Waals surface area contributed by atoms with Gasteiger partial charge < -0.3 is 4.90 Å². The van der Waals surface area contributed by atoms with Crippen molar-refractivity contribution < 1.29 is 0 Å². The molecule has 0 N–H and O–H groups in total. The van der Waals surface area contributed by atoms with Gasteiger partial charge in [-0.1, -0.05) is 50.3 Å². The predicted molar refractivity (Wildman–Crippen MR) is 102 cm³/mol. The normalized spacial score (nSPS) is 14.8. The van der Waals surface area contributed by atoms with Crippen molar-refractivity contribution in [2.45, 2.75) is 40.0 Å². The summed E-state index contributed by atoms with van der Waals surface area (Å²) in [5, 5.41) is 0. The molecule has 0 atom stereocenters. The summed E-state index contributed by atoms with van der Waals surface area (Å²) in [5.74, 6) is 0. The predicted octanol–water partition coefficient (Wildman–Crippen LogP) is 5.87. The third kappa shape index (κ3) is 2.49. The Hall–Kier alpha value is -2.02. The summed E-state index contributed by atoms with van der Waals surface area (Å²) in [4.78, 5) is 2.42. The molecule has 3 rings (SSSR count). The van der Waals surface area contributed by atoms with E-state index in [1.807, 2.05) is 0 Å². The summed E-state index contributed by atoms with van der Waals surface area (Å²) in [7, 11) is 0. The summed E-state index contributed by atoms with van der Waals surface area (Å²) in [6.45, 7) is 13.3. The van der Waals surface area contributed by atoms with Gasteiger partial charge in [0.1, 0.15) is 0 Å². The van der Waals surface area contributed by atoms with Gasteiger partial charge in [0.15, 0.2) is 0 Å². The SMILES string of the molecule is C/C=C/c1ccc2c(c1)C(C)(C)c1cc(N(CC)CC)ccc1-2. The molecule has 0 spiro atoms. The number of anilines is 1. The Balaban J connectivity index is 2.14. The summed E-state index contributed by atoms with van der Waals surface area (Å²) in [5.41, 5.74) is 8.37. The van der Waals surface area contributed by atoms with E-state index in [0.29, 0.717) is 0 Å². The van der Waals surface area contributed by atoms with E-state index in [0.717, 1.165) is 13.1 Å². The number of benzene rings is 2. The third-order valence-corrected chi connectivity index (χ3v) is 5.17. The summed E-state index contributed by atoms with van der Waals surface area (Å²) in [6.07, 6.45) is 4.29. The molecule has 0 saturated heterocycles. The fourth-order valence-electron chi connectivity index (χ4n) is 3.82. The van der Waals surface area contributed by atoms with Gasteiger partial charge >= 0.3 is 0 Å². The first kappa shape index (κ1) is 15.9. The molecule has 0 fully saturated rings. The van der Waals surface area contributed by atoms with Crippen LogP contribution < -0.4 is 4.90 Å². The lowest BCUT2D eigenvalue weighted by atomic mass is 9.82. The van der Waals surface area contributed by atoms with Crippen molar-refractivity contribution in [1.82, 2.24) is 0 Å². The highest BCUT2D eigenvalue weighted by atomic mass is 15.1. The molecular formula is C22H27N. The van der Waals surface area contributed by atoms with Gasteiger partial charge in [-0.25, -0.2) is 0 Å². The van der Waals surface area contributed by atoms with Crippen molar-refractivity contribution >= 4 is 11.8 Å². The van der Waals surface area contributed by atoms with E-state index in [4.69, 9.17) is 0 Å². The highest BCUT2D eigenvalue weighted by Gasteiger charge is 2.35. The summed E-state index contributed by atoms with van der Waals surface area (Å²) >= 11 is 0. The van der Waals surface area contributed by atoms with Gasteiger partial charge in [0.25, 0.3) is 0 Å². The molecule has 1 aliphatic carbocycles. The van der Waals surface area contributed by atoms with Crippen molar-refractivity contribution in [3.63, 3.8) is 0 Å². The zero-order valence-electron chi connectivity index (χ0n) is 15.0. The Morgan fingerprint density at radius 3 is 2.13 bits per heavy atom. The van der Waals surface area contributed by atoms with E-state index in [1.54, 1.807) is 0 Å². The van der Waals surface area contributed by atoms with Gasteiger partial charge in [0.05, 0.1) is 0 Å². The molecule has 0 bridgehead atoms. The number of rotatable bonds is 4. The molecule has 0 aliphatic heterocycles. The Labute approximate surface area is 140 Å². The van der Waals surface area contributed by atoms with Crippen LogP contribution in [0.15, 0.2) is 42.5 Å². The van der Waals surface area contributed by atoms with E-state index in [2.05, 4.69) is 88.1 Å². The topological polar surface area (TPSA) is 3.24 Å². The molecule has 0 amide bonds. The average molecular weight is 305 g/mol. The summed E-state index contributed by atoms with van der Waals surface area (Å²) in [6, 6.07) is 13.9. The zero-order chi connectivity index (χ0) is 16.6. The first-order chi connectivity index (χ1) is 11.0. The van der Waals surface area contributed by atoms with Crippen molar-refractivity contribution in [3.8, 4) is 11.1 Å². The Morgan fingerprint density at radius 2 is 1.52 bits per heavy atom. The molecule has 1 nitrogen and oxygen atoms in total. The van der Waals surface area contributed by atoms with Crippen LogP contribution in [0.2, 0.25) is 0 Å². The zero-order valence-corrected chi connectivity index (χ0v) is 15.0. The molecule has 0 aromatic heterocycles. The molecule has 0 radical (unpaired) electrons. The highest BCUT2D eigenvalue weighted by molar-refractivity contribution is 5.83. The second-order valence-electron chi connectivity index (χ2n) is 6.83. The van der Waals surface area contributed by atoms with E-state index < -0.39 is 0 Å². The van der Waals surface area contributed by atoms with Crippen molar-refractivity contribution in [2.75, 3.05) is 18.0 Å². The largest absolute Gasteiger partial charge is 0.372 e. The second-order valence-corrected chi connectivity index (χ2v) is 6.83. The van der Waals surface area contributed by atoms with Gasteiger partial charge in [-0.3, -0.25) is 0 Å². The minimum absolute atomic E-state index is 0.0609. The fraction of sp³-hybridized carbons (Fsp3) is 0.364. The molecule has 2 aromatic carbocycles. The lowest BCUT2D eigenvalue weighted by Gasteiger charge is -2.25. The van der Waals surface area contributed by atoms with Crippen LogP contribution in [0.1, 0.15) is 51.3 Å². The van der Waals surface area contributed by atoms with Crippen molar-refractivity contribution in [1.29, 1.82) is 0 Å². The number of nitrogens with zero attached hydrogens (tertiary/aromatic N) is 1. The standard InChI is InChI=1S/C22H27N/c1-6-9-16-10-12-18-19-13-11-17(23(7-2)8-3)15-21(19)22(4,5)20(18)14-16/h6,9-15H,7-8H2,1-5H3/b9-6+. The number of hydrogen-bond acceptors (Lipinski definition) is 1. The number of fused-ring (bicyclic) bond motifs is 3. The van der Waals surface area contributed by atoms with Crippen LogP contribution in [0.4, 0.5) is 5.69 Å². The van der Waals surface area contributed by atoms with Crippen LogP contribution in [0.25, 0.3) is 17.2 Å². The smallest absolute Gasteiger partial charge is 0.0369 e. The first-order valence-corrected chi connectivity index (χ1v) is 8.70. The fourth-order valence-corrected chi connectivity index (χ4v) is 3.82. The van der Waals surface area contributed by atoms with Gasteiger partial charge in [-0.05, 0) is 60.7 Å². The Kier molecular flexibility index (Phi) is 4.06. The molecule has 120 valence electrons. The lowest BCUT2D eigenvalue weighted by Crippen LogP contribution is -2.22. The average Bonchev–Trinajstić information content (AvgIpc) is 2.77. The second kappa shape index (κ2) is 5.88. The van der Waals surface area contributed by atoms with E-state index in [9.17, 15) is 0 Å². The molecule has 0 heterocycles. The highest BCUT2D eigenvalue weighted by Crippen LogP contribution is 2.49. The van der Waals surface area contributed by atoms with E-state index in [1.165, 1.54) is 33.5 Å². The molecule has 2 aromatic rings. The lowest BCUT2D eigenvalue weighted by molar-refractivity contribution is 0.659. The Bertz CT molecular complexity index is 749. The third-order valence-electron chi connectivity index (χ3n) is 5.17. The molecule has 1 heteroatoms. The van der Waals surface area contributed by atoms with Crippen LogP contribution in [0, 0.1) is 0 Å². The number of hydrogen-bond donors (Lipinski definition) is 0. The van der Waals surface area contributed by atoms with Crippen LogP contribution in [0.5, 0.6) is 0 Å². The van der Waals surface area contributed by atoms with Crippen LogP contribution in [0.3, 0.4) is 0 Å². The maximum Gasteiger partial charge on any atom is 0.0369 e. The molecule has 23 heavy (non-hydrogen) atoms. The summed E-state index contributed by atoms with van der Waals surface area (Å²) < 4.78 is 0. The van der Waals surface area contributed by atoms with Crippen molar-refractivity contribution in [3.05, 3.63) is 59.2 Å². The van der Waals surface area contributed by atoms with Gasteiger partial charge in [-0.15, -0.1) is 0 Å². The maximum atomic E-state index is 2.42. The molecule has 1 aliphatic rings. The molecular weight excluding hydrogens is 278 g/mol. The quantitative estimate of drug-likeness (QED) is 0.682. The van der Waals surface area contributed by atoms with Crippen molar-refractivity contribution in [2.24, 2.45) is 0 Å². The molecule has 0 unspecified atom stereocenters. The van der Waals surface area contributed by atoms with Crippen LogP contribution in [-0.4, -0.2) is 13.1 Å². The number of allylic oxidation sites excluding steroid dienone is 1. The first-order valence-electron chi connectivity index (χ1n) is 8.70. The molecule has 0 saturated carbocycles. The van der Waals surface area contributed by atoms with Gasteiger partial charge in [0, 0.05) is 24.2 Å². The Morgan fingerprint density at radius 1 is 0.913 bits per heavy atom. The van der Waals surface area contributed by atoms with Gasteiger partial charge in [0.2, 0.25) is 0 Å². The van der Waals surface area contributed by atoms with Crippen LogP contribution >= 0.6 is 0 Å².